The van der Waals surface area contributed by atoms with Crippen LogP contribution >= 0.6 is 11.3 Å². The molecule has 8 heteroatoms. The number of carbonyl (C=O) groups is 1. The maximum Gasteiger partial charge on any atom is 0.573 e. The van der Waals surface area contributed by atoms with Crippen LogP contribution in [0, 0.1) is 5.41 Å². The number of Topliss-reactive ketones (excluding diaryl/α,β-unsaturated/α-hetero) is 1. The first-order valence-corrected chi connectivity index (χ1v) is 6.31. The molecule has 1 aromatic heterocycles. The number of alkyl halides is 3. The van der Waals surface area contributed by atoms with Gasteiger partial charge in [-0.15, -0.1) is 24.5 Å². The van der Waals surface area contributed by atoms with Crippen molar-refractivity contribution in [1.82, 2.24) is 4.57 Å². The van der Waals surface area contributed by atoms with Crippen LogP contribution < -0.4 is 9.54 Å². The Morgan fingerprint density at radius 2 is 1.95 bits per heavy atom. The number of thiazole rings is 1. The number of benzene rings is 1. The normalized spacial score (nSPS) is 11.3. The molecule has 2 rings (SSSR count). The third-order valence-corrected chi connectivity index (χ3v) is 3.12. The zero-order valence-corrected chi connectivity index (χ0v) is 10.8. The number of aromatic nitrogens is 1. The van der Waals surface area contributed by atoms with E-state index in [9.17, 15) is 18.0 Å². The van der Waals surface area contributed by atoms with Crippen LogP contribution in [-0.4, -0.2) is 16.7 Å². The minimum atomic E-state index is -4.75. The molecule has 0 aliphatic heterocycles. The molecule has 20 heavy (non-hydrogen) atoms. The highest BCUT2D eigenvalue weighted by Gasteiger charge is 2.31. The fourth-order valence-corrected chi connectivity index (χ4v) is 2.11. The minimum absolute atomic E-state index is 0.0260. The summed E-state index contributed by atoms with van der Waals surface area (Å²) in [6.07, 6.45) is -3.15. The lowest BCUT2D eigenvalue weighted by Gasteiger charge is -2.09. The molecule has 0 aliphatic carbocycles. The molecule has 1 N–H and O–H groups in total. The molecule has 1 heterocycles. The van der Waals surface area contributed by atoms with Crippen LogP contribution in [0.2, 0.25) is 0 Å². The first kappa shape index (κ1) is 14.3. The van der Waals surface area contributed by atoms with Gasteiger partial charge in [0, 0.05) is 17.1 Å². The summed E-state index contributed by atoms with van der Waals surface area (Å²) in [6.45, 7) is -0.0260. The topological polar surface area (TPSA) is 55.1 Å². The van der Waals surface area contributed by atoms with Crippen molar-refractivity contribution in [3.05, 3.63) is 46.2 Å². The van der Waals surface area contributed by atoms with Crippen molar-refractivity contribution in [3.8, 4) is 5.75 Å². The van der Waals surface area contributed by atoms with Gasteiger partial charge in [0.25, 0.3) is 0 Å². The summed E-state index contributed by atoms with van der Waals surface area (Å²) >= 11 is 1.18. The molecular weight excluding hydrogens is 293 g/mol. The third kappa shape index (κ3) is 3.70. The average Bonchev–Trinajstić information content (AvgIpc) is 2.74. The first-order valence-electron chi connectivity index (χ1n) is 5.43. The molecule has 4 nitrogen and oxygen atoms in total. The predicted molar refractivity (Wildman–Crippen MR) is 65.6 cm³/mol. The molecule has 0 radical (unpaired) electrons. The number of nitrogens with zero attached hydrogens (tertiary/aromatic N) is 1. The lowest BCUT2D eigenvalue weighted by Crippen LogP contribution is -2.19. The molecular formula is C12H9F3N2O2S. The van der Waals surface area contributed by atoms with Crippen LogP contribution in [0.1, 0.15) is 10.4 Å². The van der Waals surface area contributed by atoms with Gasteiger partial charge in [0.15, 0.2) is 10.6 Å². The Kier molecular flexibility index (Phi) is 3.93. The van der Waals surface area contributed by atoms with Crippen molar-refractivity contribution >= 4 is 17.1 Å². The Bertz CT molecular complexity index is 658. The van der Waals surface area contributed by atoms with Gasteiger partial charge in [0.05, 0.1) is 6.54 Å². The number of hydrogen-bond acceptors (Lipinski definition) is 4. The van der Waals surface area contributed by atoms with E-state index in [1.807, 2.05) is 0 Å². The van der Waals surface area contributed by atoms with Crippen molar-refractivity contribution < 1.29 is 22.7 Å². The van der Waals surface area contributed by atoms with E-state index in [1.165, 1.54) is 28.0 Å². The van der Waals surface area contributed by atoms with E-state index in [-0.39, 0.29) is 28.4 Å². The Morgan fingerprint density at radius 3 is 2.45 bits per heavy atom. The van der Waals surface area contributed by atoms with Gasteiger partial charge in [0.1, 0.15) is 5.75 Å². The molecule has 2 aromatic rings. The van der Waals surface area contributed by atoms with E-state index >= 15 is 0 Å². The van der Waals surface area contributed by atoms with E-state index < -0.39 is 6.36 Å². The van der Waals surface area contributed by atoms with Gasteiger partial charge in [0.2, 0.25) is 0 Å². The number of nitrogens with one attached hydrogen (secondary N) is 1. The Balaban J connectivity index is 2.08. The monoisotopic (exact) mass is 302 g/mol. The fraction of sp³-hybridized carbons (Fsp3) is 0.167. The van der Waals surface area contributed by atoms with Crippen molar-refractivity contribution in [2.75, 3.05) is 0 Å². The van der Waals surface area contributed by atoms with Crippen molar-refractivity contribution in [2.45, 2.75) is 12.9 Å². The minimum Gasteiger partial charge on any atom is -0.406 e. The molecule has 0 bridgehead atoms. The lowest BCUT2D eigenvalue weighted by atomic mass is 10.1. The molecule has 0 fully saturated rings. The molecule has 1 aromatic carbocycles. The van der Waals surface area contributed by atoms with E-state index in [4.69, 9.17) is 5.41 Å². The quantitative estimate of drug-likeness (QED) is 0.883. The van der Waals surface area contributed by atoms with Crippen LogP contribution in [0.5, 0.6) is 5.75 Å². The summed E-state index contributed by atoms with van der Waals surface area (Å²) in [5.74, 6) is -0.668. The highest BCUT2D eigenvalue weighted by Crippen LogP contribution is 2.22. The Labute approximate surface area is 115 Å². The Hall–Kier alpha value is -2.09. The van der Waals surface area contributed by atoms with Crippen molar-refractivity contribution in [1.29, 1.82) is 5.41 Å². The summed E-state index contributed by atoms with van der Waals surface area (Å²) in [4.78, 5) is 12.1. The summed E-state index contributed by atoms with van der Waals surface area (Å²) in [5, 5.41) is 9.20. The third-order valence-electron chi connectivity index (χ3n) is 2.41. The summed E-state index contributed by atoms with van der Waals surface area (Å²) in [5.41, 5.74) is 0.262. The van der Waals surface area contributed by atoms with Gasteiger partial charge in [-0.3, -0.25) is 10.2 Å². The molecule has 0 amide bonds. The van der Waals surface area contributed by atoms with Crippen LogP contribution in [0.4, 0.5) is 13.2 Å². The predicted octanol–water partition coefficient (Wildman–Crippen LogP) is 2.81. The van der Waals surface area contributed by atoms with Gasteiger partial charge >= 0.3 is 6.36 Å². The zero-order chi connectivity index (χ0) is 14.8. The van der Waals surface area contributed by atoms with Gasteiger partial charge < -0.3 is 9.30 Å². The summed E-state index contributed by atoms with van der Waals surface area (Å²) in [7, 11) is 0. The standard InChI is InChI=1S/C12H9F3N2O2S/c13-12(14,15)19-9-3-1-8(2-4-9)10(18)7-17-5-6-20-11(17)16/h1-6,16H,7H2. The van der Waals surface area contributed by atoms with Gasteiger partial charge in [-0.25, -0.2) is 0 Å². The van der Waals surface area contributed by atoms with E-state index in [2.05, 4.69) is 4.74 Å². The van der Waals surface area contributed by atoms with Crippen LogP contribution in [0.3, 0.4) is 0 Å². The van der Waals surface area contributed by atoms with Crippen molar-refractivity contribution in [3.63, 3.8) is 0 Å². The maximum absolute atomic E-state index is 12.0. The number of halogens is 3. The van der Waals surface area contributed by atoms with Crippen molar-refractivity contribution in [2.24, 2.45) is 0 Å². The van der Waals surface area contributed by atoms with Gasteiger partial charge in [-0.1, -0.05) is 0 Å². The maximum atomic E-state index is 12.0. The molecule has 0 spiro atoms. The summed E-state index contributed by atoms with van der Waals surface area (Å²) in [6, 6.07) is 4.70. The number of hydrogen-bond donors (Lipinski definition) is 1. The van der Waals surface area contributed by atoms with E-state index in [0.717, 1.165) is 12.1 Å². The number of ether oxygens (including phenoxy) is 1. The molecule has 0 saturated heterocycles. The SMILES string of the molecule is N=c1sccn1CC(=O)c1ccc(OC(F)(F)F)cc1. The fourth-order valence-electron chi connectivity index (χ4n) is 1.52. The van der Waals surface area contributed by atoms with E-state index in [0.29, 0.717) is 0 Å². The lowest BCUT2D eigenvalue weighted by molar-refractivity contribution is -0.274. The van der Waals surface area contributed by atoms with Crippen LogP contribution in [0.25, 0.3) is 0 Å². The molecule has 106 valence electrons. The summed E-state index contributed by atoms with van der Waals surface area (Å²) < 4.78 is 41.1. The first-order chi connectivity index (χ1) is 9.35. The molecule has 0 atom stereocenters. The van der Waals surface area contributed by atoms with Gasteiger partial charge in [-0.05, 0) is 24.3 Å². The number of rotatable bonds is 4. The highest BCUT2D eigenvalue weighted by atomic mass is 32.1. The second kappa shape index (κ2) is 5.49. The van der Waals surface area contributed by atoms with Crippen LogP contribution in [-0.2, 0) is 6.54 Å². The molecule has 0 aliphatic rings. The largest absolute Gasteiger partial charge is 0.573 e. The number of ketones is 1. The average molecular weight is 302 g/mol. The smallest absolute Gasteiger partial charge is 0.406 e. The Morgan fingerprint density at radius 1 is 1.30 bits per heavy atom. The molecule has 0 unspecified atom stereocenters. The van der Waals surface area contributed by atoms with Crippen LogP contribution in [0.15, 0.2) is 35.8 Å². The number of carbonyl (C=O) groups excluding carboxylic acids is 1. The highest BCUT2D eigenvalue weighted by molar-refractivity contribution is 7.06. The van der Waals surface area contributed by atoms with Gasteiger partial charge in [-0.2, -0.15) is 0 Å². The second-order valence-electron chi connectivity index (χ2n) is 3.83. The molecule has 0 saturated carbocycles. The van der Waals surface area contributed by atoms with E-state index in [1.54, 1.807) is 11.6 Å². The second-order valence-corrected chi connectivity index (χ2v) is 4.73. The zero-order valence-electron chi connectivity index (χ0n) is 9.98.